The van der Waals surface area contributed by atoms with E-state index >= 15 is 0 Å². The van der Waals surface area contributed by atoms with Crippen LogP contribution in [0.2, 0.25) is 0 Å². The lowest BCUT2D eigenvalue weighted by Crippen LogP contribution is -2.12. The molecule has 4 heteroatoms. The third kappa shape index (κ3) is 2.83. The lowest BCUT2D eigenvalue weighted by atomic mass is 10.2. The number of rotatable bonds is 5. The molecule has 0 saturated heterocycles. The van der Waals surface area contributed by atoms with E-state index in [2.05, 4.69) is 42.9 Å². The third-order valence-corrected chi connectivity index (χ3v) is 4.29. The average molecular weight is 283 g/mol. The van der Waals surface area contributed by atoms with Gasteiger partial charge in [0.2, 0.25) is 0 Å². The number of fused-ring (bicyclic) bond motifs is 1. The van der Waals surface area contributed by atoms with Crippen LogP contribution < -0.4 is 0 Å². The summed E-state index contributed by atoms with van der Waals surface area (Å²) in [6, 6.07) is 6.46. The number of nitrogens with zero attached hydrogens (tertiary/aromatic N) is 2. The third-order valence-electron chi connectivity index (χ3n) is 3.14. The number of aryl methyl sites for hydroxylation is 2. The Morgan fingerprint density at radius 2 is 2.22 bits per heavy atom. The fraction of sp³-hybridized carbons (Fsp3) is 0.500. The highest BCUT2D eigenvalue weighted by Crippen LogP contribution is 2.21. The van der Waals surface area contributed by atoms with Crippen LogP contribution in [-0.2, 0) is 13.0 Å². The molecular weight excluding hydrogens is 264 g/mol. The second-order valence-corrected chi connectivity index (χ2v) is 6.27. The average Bonchev–Trinajstić information content (AvgIpc) is 2.67. The Hall–Kier alpha value is -0.670. The van der Waals surface area contributed by atoms with E-state index in [1.54, 1.807) is 0 Å². The fourth-order valence-electron chi connectivity index (χ4n) is 2.10. The monoisotopic (exact) mass is 282 g/mol. The van der Waals surface area contributed by atoms with E-state index in [1.165, 1.54) is 11.1 Å². The normalized spacial score (nSPS) is 13.1. The van der Waals surface area contributed by atoms with Crippen LogP contribution in [0.15, 0.2) is 18.2 Å². The number of benzene rings is 1. The van der Waals surface area contributed by atoms with Crippen LogP contribution in [0.25, 0.3) is 11.0 Å². The summed E-state index contributed by atoms with van der Waals surface area (Å²) in [4.78, 5) is 4.72. The maximum absolute atomic E-state index is 5.88. The van der Waals surface area contributed by atoms with Gasteiger partial charge < -0.3 is 4.57 Å². The summed E-state index contributed by atoms with van der Waals surface area (Å²) in [6.07, 6.45) is 2.98. The molecule has 0 aliphatic carbocycles. The van der Waals surface area contributed by atoms with Gasteiger partial charge in [-0.05, 0) is 30.9 Å². The molecule has 98 valence electrons. The molecule has 2 rings (SSSR count). The summed E-state index contributed by atoms with van der Waals surface area (Å²) < 4.78 is 2.32. The Balaban J connectivity index is 2.48. The zero-order valence-corrected chi connectivity index (χ0v) is 12.7. The van der Waals surface area contributed by atoms with Crippen molar-refractivity contribution in [2.45, 2.75) is 32.1 Å². The summed E-state index contributed by atoms with van der Waals surface area (Å²) in [5.74, 6) is 1.72. The molecule has 0 radical (unpaired) electrons. The van der Waals surface area contributed by atoms with Crippen molar-refractivity contribution in [3.8, 4) is 0 Å². The molecule has 0 N–H and O–H groups in total. The first-order valence-corrected chi connectivity index (χ1v) is 8.02. The van der Waals surface area contributed by atoms with Gasteiger partial charge in [0.1, 0.15) is 5.82 Å². The minimum Gasteiger partial charge on any atom is -0.327 e. The van der Waals surface area contributed by atoms with E-state index in [1.807, 2.05) is 11.8 Å². The quantitative estimate of drug-likeness (QED) is 0.775. The van der Waals surface area contributed by atoms with E-state index < -0.39 is 0 Å². The molecule has 2 aromatic rings. The molecule has 1 atom stereocenters. The number of imidazole rings is 1. The molecule has 18 heavy (non-hydrogen) atoms. The summed E-state index contributed by atoms with van der Waals surface area (Å²) >= 11 is 7.76. The number of alkyl halides is 1. The van der Waals surface area contributed by atoms with Crippen molar-refractivity contribution in [1.29, 1.82) is 0 Å². The summed E-state index contributed by atoms with van der Waals surface area (Å²) in [6.45, 7) is 5.34. The smallest absolute Gasteiger partial charge is 0.111 e. The van der Waals surface area contributed by atoms with Gasteiger partial charge in [-0.15, -0.1) is 11.6 Å². The topological polar surface area (TPSA) is 17.8 Å². The number of hydrogen-bond acceptors (Lipinski definition) is 2. The zero-order valence-electron chi connectivity index (χ0n) is 11.1. The minimum absolute atomic E-state index is 0.581. The van der Waals surface area contributed by atoms with Crippen LogP contribution in [0.1, 0.15) is 18.3 Å². The second-order valence-electron chi connectivity index (χ2n) is 4.62. The number of aromatic nitrogens is 2. The van der Waals surface area contributed by atoms with E-state index in [0.29, 0.717) is 11.1 Å². The molecule has 0 aliphatic heterocycles. The summed E-state index contributed by atoms with van der Waals surface area (Å²) in [7, 11) is 0. The van der Waals surface area contributed by atoms with Gasteiger partial charge in [-0.3, -0.25) is 0 Å². The predicted molar refractivity (Wildman–Crippen MR) is 81.9 cm³/mol. The first-order chi connectivity index (χ1) is 8.65. The molecule has 0 fully saturated rings. The van der Waals surface area contributed by atoms with Crippen LogP contribution in [0.4, 0.5) is 0 Å². The molecule has 2 nitrogen and oxygen atoms in total. The highest BCUT2D eigenvalue weighted by atomic mass is 35.5. The molecule has 0 spiro atoms. The van der Waals surface area contributed by atoms with Crippen molar-refractivity contribution >= 4 is 34.4 Å². The van der Waals surface area contributed by atoms with E-state index in [9.17, 15) is 0 Å². The first-order valence-electron chi connectivity index (χ1n) is 6.20. The van der Waals surface area contributed by atoms with Gasteiger partial charge in [-0.25, -0.2) is 4.98 Å². The summed E-state index contributed by atoms with van der Waals surface area (Å²) in [5, 5.41) is 0.581. The molecule has 0 bridgehead atoms. The van der Waals surface area contributed by atoms with Crippen LogP contribution in [0.5, 0.6) is 0 Å². The van der Waals surface area contributed by atoms with Gasteiger partial charge in [0.25, 0.3) is 0 Å². The van der Waals surface area contributed by atoms with Crippen LogP contribution in [0, 0.1) is 6.92 Å². The molecular formula is C14H19ClN2S. The van der Waals surface area contributed by atoms with Crippen molar-refractivity contribution in [2.75, 3.05) is 12.1 Å². The number of halogens is 1. The van der Waals surface area contributed by atoms with Crippen molar-refractivity contribution in [3.63, 3.8) is 0 Å². The highest BCUT2D eigenvalue weighted by molar-refractivity contribution is 7.99. The molecule has 1 unspecified atom stereocenters. The van der Waals surface area contributed by atoms with Gasteiger partial charge in [0.05, 0.1) is 11.0 Å². The highest BCUT2D eigenvalue weighted by Gasteiger charge is 2.12. The number of hydrogen-bond donors (Lipinski definition) is 0. The van der Waals surface area contributed by atoms with E-state index in [4.69, 9.17) is 16.6 Å². The van der Waals surface area contributed by atoms with E-state index in [0.717, 1.165) is 24.3 Å². The van der Waals surface area contributed by atoms with Crippen LogP contribution >= 0.6 is 23.4 Å². The molecule has 1 heterocycles. The summed E-state index contributed by atoms with van der Waals surface area (Å²) in [5.41, 5.74) is 3.56. The Kier molecular flexibility index (Phi) is 4.57. The predicted octanol–water partition coefficient (Wildman–Crippen LogP) is 3.88. The van der Waals surface area contributed by atoms with Crippen LogP contribution in [0.3, 0.4) is 0 Å². The van der Waals surface area contributed by atoms with Crippen LogP contribution in [-0.4, -0.2) is 26.9 Å². The Labute approximate surface area is 118 Å². The molecule has 0 saturated carbocycles. The van der Waals surface area contributed by atoms with Crippen molar-refractivity contribution < 1.29 is 0 Å². The van der Waals surface area contributed by atoms with Crippen molar-refractivity contribution in [3.05, 3.63) is 29.6 Å². The maximum Gasteiger partial charge on any atom is 0.111 e. The maximum atomic E-state index is 5.88. The second kappa shape index (κ2) is 5.98. The molecule has 0 amide bonds. The largest absolute Gasteiger partial charge is 0.327 e. The molecule has 1 aromatic heterocycles. The van der Waals surface area contributed by atoms with Gasteiger partial charge in [-0.2, -0.15) is 11.8 Å². The SMILES string of the molecule is CSC(C)Cn1c(CCCl)nc2cc(C)ccc21. The van der Waals surface area contributed by atoms with Gasteiger partial charge >= 0.3 is 0 Å². The van der Waals surface area contributed by atoms with Gasteiger partial charge in [0, 0.05) is 24.1 Å². The zero-order chi connectivity index (χ0) is 13.1. The Morgan fingerprint density at radius 3 is 2.89 bits per heavy atom. The van der Waals surface area contributed by atoms with E-state index in [-0.39, 0.29) is 0 Å². The van der Waals surface area contributed by atoms with Crippen molar-refractivity contribution in [2.24, 2.45) is 0 Å². The fourth-order valence-corrected chi connectivity index (χ4v) is 2.57. The standard InChI is InChI=1S/C14H19ClN2S/c1-10-4-5-13-12(8-10)16-14(6-7-15)17(13)9-11(2)18-3/h4-5,8,11H,6-7,9H2,1-3H3. The molecule has 1 aromatic carbocycles. The minimum atomic E-state index is 0.581. The van der Waals surface area contributed by atoms with Crippen molar-refractivity contribution in [1.82, 2.24) is 9.55 Å². The first kappa shape index (κ1) is 13.8. The van der Waals surface area contributed by atoms with Gasteiger partial charge in [0.15, 0.2) is 0 Å². The Bertz CT molecular complexity index is 536. The number of thioether (sulfide) groups is 1. The lowest BCUT2D eigenvalue weighted by molar-refractivity contribution is 0.672. The lowest BCUT2D eigenvalue weighted by Gasteiger charge is -2.13. The molecule has 0 aliphatic rings. The Morgan fingerprint density at radius 1 is 1.44 bits per heavy atom. The van der Waals surface area contributed by atoms with Gasteiger partial charge in [-0.1, -0.05) is 13.0 Å².